The van der Waals surface area contributed by atoms with Gasteiger partial charge in [0.1, 0.15) is 22.2 Å². The van der Waals surface area contributed by atoms with Gasteiger partial charge in [0.05, 0.1) is 20.8 Å². The number of nitrogens with one attached hydrogen (secondary N) is 1. The van der Waals surface area contributed by atoms with Crippen LogP contribution in [0.4, 0.5) is 0 Å². The van der Waals surface area contributed by atoms with Gasteiger partial charge in [-0.1, -0.05) is 37.3 Å². The van der Waals surface area contributed by atoms with Crippen molar-refractivity contribution < 1.29 is 23.7 Å². The first-order chi connectivity index (χ1) is 20.0. The fourth-order valence-corrected chi connectivity index (χ4v) is 5.60. The van der Waals surface area contributed by atoms with Crippen LogP contribution in [0.3, 0.4) is 0 Å². The normalized spacial score (nSPS) is 12.0. The number of carbonyl (C=O) groups excluding carboxylic acids is 1. The third-order valence-corrected chi connectivity index (χ3v) is 7.82. The van der Waals surface area contributed by atoms with Gasteiger partial charge in [-0.05, 0) is 65.4 Å². The molecule has 0 aliphatic carbocycles. The Kier molecular flexibility index (Phi) is 9.38. The predicted octanol–water partition coefficient (Wildman–Crippen LogP) is 5.63. The van der Waals surface area contributed by atoms with Gasteiger partial charge < -0.3 is 24.3 Å². The summed E-state index contributed by atoms with van der Waals surface area (Å²) in [5.74, 6) is 3.08. The van der Waals surface area contributed by atoms with Crippen molar-refractivity contribution in [1.82, 2.24) is 15.2 Å². The van der Waals surface area contributed by atoms with Gasteiger partial charge in [-0.15, -0.1) is 11.3 Å². The number of rotatable bonds is 13. The van der Waals surface area contributed by atoms with E-state index in [1.165, 1.54) is 16.9 Å². The number of aryl methyl sites for hydroxylation is 1. The molecule has 1 N–H and O–H groups in total. The van der Waals surface area contributed by atoms with E-state index in [1.54, 1.807) is 14.2 Å². The summed E-state index contributed by atoms with van der Waals surface area (Å²) in [6.45, 7) is 4.87. The quantitative estimate of drug-likeness (QED) is 0.222. The summed E-state index contributed by atoms with van der Waals surface area (Å²) in [5.41, 5.74) is 5.01. The first kappa shape index (κ1) is 28.4. The zero-order chi connectivity index (χ0) is 28.6. The zero-order valence-electron chi connectivity index (χ0n) is 23.6. The Morgan fingerprint density at radius 3 is 2.46 bits per heavy atom. The number of hydrogen-bond donors (Lipinski definition) is 1. The smallest absolute Gasteiger partial charge is 0.270 e. The van der Waals surface area contributed by atoms with Crippen LogP contribution in [0.5, 0.6) is 23.0 Å². The molecule has 0 saturated heterocycles. The number of benzene rings is 3. The molecule has 0 unspecified atom stereocenters. The maximum absolute atomic E-state index is 12.9. The highest BCUT2D eigenvalue weighted by molar-refractivity contribution is 7.09. The lowest BCUT2D eigenvalue weighted by atomic mass is 10.1. The average molecular weight is 574 g/mol. The molecule has 2 heterocycles. The maximum atomic E-state index is 12.9. The molecule has 0 spiro atoms. The van der Waals surface area contributed by atoms with E-state index in [1.807, 2.05) is 35.7 Å². The standard InChI is InChI=1S/C32H35N3O5S/c1-4-25-9-5-22(15-29(25)38-3)13-14-33-32(36)27-20-41-31(34-27)19-35(17-23-6-10-26(37-2)11-7-23)18-24-8-12-28-30(16-24)40-21-39-28/h5-12,15-16,20H,4,13-14,17-19,21H2,1-3H3,(H,33,36). The van der Waals surface area contributed by atoms with Gasteiger partial charge in [-0.3, -0.25) is 9.69 Å². The maximum Gasteiger partial charge on any atom is 0.270 e. The van der Waals surface area contributed by atoms with E-state index in [4.69, 9.17) is 18.9 Å². The fourth-order valence-electron chi connectivity index (χ4n) is 4.78. The second-order valence-corrected chi connectivity index (χ2v) is 10.8. The van der Waals surface area contributed by atoms with Crippen molar-refractivity contribution in [3.63, 3.8) is 0 Å². The van der Waals surface area contributed by atoms with Gasteiger partial charge in [-0.2, -0.15) is 0 Å². The topological polar surface area (TPSA) is 82.2 Å². The minimum absolute atomic E-state index is 0.165. The van der Waals surface area contributed by atoms with Crippen LogP contribution in [0.15, 0.2) is 66.0 Å². The number of methoxy groups -OCH3 is 2. The number of carbonyl (C=O) groups is 1. The minimum atomic E-state index is -0.165. The van der Waals surface area contributed by atoms with E-state index in [0.29, 0.717) is 38.3 Å². The lowest BCUT2D eigenvalue weighted by molar-refractivity contribution is 0.0949. The molecule has 3 aromatic carbocycles. The lowest BCUT2D eigenvalue weighted by Crippen LogP contribution is -2.26. The van der Waals surface area contributed by atoms with Crippen LogP contribution in [0, 0.1) is 0 Å². The van der Waals surface area contributed by atoms with Crippen molar-refractivity contribution in [3.05, 3.63) is 99.0 Å². The van der Waals surface area contributed by atoms with Crippen molar-refractivity contribution in [3.8, 4) is 23.0 Å². The summed E-state index contributed by atoms with van der Waals surface area (Å²) in [7, 11) is 3.35. The van der Waals surface area contributed by atoms with Crippen molar-refractivity contribution >= 4 is 17.2 Å². The summed E-state index contributed by atoms with van der Waals surface area (Å²) in [5, 5.41) is 5.72. The highest BCUT2D eigenvalue weighted by Crippen LogP contribution is 2.33. The molecule has 8 nitrogen and oxygen atoms in total. The lowest BCUT2D eigenvalue weighted by Gasteiger charge is -2.22. The van der Waals surface area contributed by atoms with Gasteiger partial charge in [-0.25, -0.2) is 4.98 Å². The molecule has 1 amide bonds. The van der Waals surface area contributed by atoms with Crippen molar-refractivity contribution in [1.29, 1.82) is 0 Å². The predicted molar refractivity (Wildman–Crippen MR) is 159 cm³/mol. The monoisotopic (exact) mass is 573 g/mol. The second-order valence-electron chi connectivity index (χ2n) is 9.81. The molecule has 41 heavy (non-hydrogen) atoms. The molecule has 1 aromatic heterocycles. The average Bonchev–Trinajstić information content (AvgIpc) is 3.67. The van der Waals surface area contributed by atoms with Gasteiger partial charge >= 0.3 is 0 Å². The van der Waals surface area contributed by atoms with E-state index in [-0.39, 0.29) is 12.7 Å². The van der Waals surface area contributed by atoms with Crippen LogP contribution in [0.25, 0.3) is 0 Å². The van der Waals surface area contributed by atoms with Crippen molar-refractivity contribution in [2.75, 3.05) is 27.6 Å². The Labute approximate surface area is 244 Å². The van der Waals surface area contributed by atoms with E-state index in [9.17, 15) is 4.79 Å². The van der Waals surface area contributed by atoms with Crippen LogP contribution >= 0.6 is 11.3 Å². The molecule has 0 atom stereocenters. The molecule has 1 aliphatic heterocycles. The van der Waals surface area contributed by atoms with Crippen LogP contribution in [0.1, 0.15) is 44.7 Å². The van der Waals surface area contributed by atoms with Crippen LogP contribution in [-0.2, 0) is 32.5 Å². The summed E-state index contributed by atoms with van der Waals surface area (Å²) < 4.78 is 21.9. The molecule has 0 fully saturated rings. The Balaban J connectivity index is 1.22. The summed E-state index contributed by atoms with van der Waals surface area (Å²) in [6, 6.07) is 20.3. The number of ether oxygens (including phenoxy) is 4. The largest absolute Gasteiger partial charge is 0.497 e. The minimum Gasteiger partial charge on any atom is -0.497 e. The van der Waals surface area contributed by atoms with E-state index < -0.39 is 0 Å². The number of thiazole rings is 1. The number of fused-ring (bicyclic) bond motifs is 1. The molecule has 9 heteroatoms. The Morgan fingerprint density at radius 2 is 1.68 bits per heavy atom. The summed E-state index contributed by atoms with van der Waals surface area (Å²) >= 11 is 1.50. The summed E-state index contributed by atoms with van der Waals surface area (Å²) in [6.07, 6.45) is 1.63. The fraction of sp³-hybridized carbons (Fsp3) is 0.312. The third kappa shape index (κ3) is 7.36. The molecule has 0 bridgehead atoms. The number of hydrogen-bond acceptors (Lipinski definition) is 8. The highest BCUT2D eigenvalue weighted by Gasteiger charge is 2.17. The number of nitrogens with zero attached hydrogens (tertiary/aromatic N) is 2. The van der Waals surface area contributed by atoms with Crippen molar-refractivity contribution in [2.24, 2.45) is 0 Å². The molecule has 5 rings (SSSR count). The first-order valence-electron chi connectivity index (χ1n) is 13.7. The van der Waals surface area contributed by atoms with E-state index in [0.717, 1.165) is 51.1 Å². The Bertz CT molecular complexity index is 1470. The SMILES string of the molecule is CCc1ccc(CCNC(=O)c2csc(CN(Cc3ccc(OC)cc3)Cc3ccc4c(c3)OCO4)n2)cc1OC. The van der Waals surface area contributed by atoms with Crippen molar-refractivity contribution in [2.45, 2.75) is 39.4 Å². The molecular weight excluding hydrogens is 538 g/mol. The van der Waals surface area contributed by atoms with Crippen LogP contribution in [-0.4, -0.2) is 43.3 Å². The Hall–Kier alpha value is -4.08. The van der Waals surface area contributed by atoms with E-state index >= 15 is 0 Å². The van der Waals surface area contributed by atoms with Crippen LogP contribution in [0.2, 0.25) is 0 Å². The Morgan fingerprint density at radius 1 is 0.927 bits per heavy atom. The summed E-state index contributed by atoms with van der Waals surface area (Å²) in [4.78, 5) is 19.8. The third-order valence-electron chi connectivity index (χ3n) is 6.98. The molecule has 214 valence electrons. The first-order valence-corrected chi connectivity index (χ1v) is 14.5. The van der Waals surface area contributed by atoms with Crippen LogP contribution < -0.4 is 24.3 Å². The molecule has 4 aromatic rings. The molecule has 0 radical (unpaired) electrons. The number of amides is 1. The van der Waals surface area contributed by atoms with Gasteiger partial charge in [0.25, 0.3) is 5.91 Å². The highest BCUT2D eigenvalue weighted by atomic mass is 32.1. The second kappa shape index (κ2) is 13.5. The van der Waals surface area contributed by atoms with E-state index in [2.05, 4.69) is 52.5 Å². The molecule has 0 saturated carbocycles. The molecule has 1 aliphatic rings. The zero-order valence-corrected chi connectivity index (χ0v) is 24.5. The van der Waals surface area contributed by atoms with Gasteiger partial charge in [0, 0.05) is 25.0 Å². The molecular formula is C32H35N3O5S. The number of aromatic nitrogens is 1. The van der Waals surface area contributed by atoms with Gasteiger partial charge in [0.2, 0.25) is 6.79 Å². The van der Waals surface area contributed by atoms with Gasteiger partial charge in [0.15, 0.2) is 11.5 Å².